The Bertz CT molecular complexity index is 5260. The molecule has 2 fully saturated rings. The summed E-state index contributed by atoms with van der Waals surface area (Å²) in [6, 6.07) is 53.5. The number of anilines is 3. The van der Waals surface area contributed by atoms with E-state index in [1.807, 2.05) is 115 Å². The van der Waals surface area contributed by atoms with Crippen molar-refractivity contribution in [1.29, 1.82) is 10.5 Å². The van der Waals surface area contributed by atoms with Crippen molar-refractivity contribution in [2.24, 2.45) is 22.7 Å². The number of piperidine rings is 1. The number of unbranched alkanes of at least 4 members (excludes halogenated alkanes) is 6. The molecular weight excluding hydrogens is 1680 g/mol. The van der Waals surface area contributed by atoms with Crippen LogP contribution in [0.3, 0.4) is 0 Å². The lowest BCUT2D eigenvalue weighted by atomic mass is 9.87. The van der Waals surface area contributed by atoms with E-state index in [0.717, 1.165) is 110 Å². The second-order valence-electron chi connectivity index (χ2n) is 32.0. The smallest absolute Gasteiger partial charge is 0.318 e. The van der Waals surface area contributed by atoms with Crippen LogP contribution in [0, 0.1) is 46.2 Å². The molecule has 127 heavy (non-hydrogen) atoms. The second kappa shape index (κ2) is 47.3. The number of aliphatic imine (C=N–C) groups is 1. The van der Waals surface area contributed by atoms with Crippen LogP contribution in [0.4, 0.5) is 27.1 Å². The number of fused-ring (bicyclic) bond motifs is 5. The molecule has 0 spiro atoms. The number of rotatable bonds is 29. The van der Waals surface area contributed by atoms with E-state index in [9.17, 15) is 43.5 Å². The number of amides is 5. The Morgan fingerprint density at radius 3 is 2.16 bits per heavy atom. The first-order valence-corrected chi connectivity index (χ1v) is 44.7. The number of ether oxygens (including phenoxy) is 6. The number of piperazine rings is 1. The van der Waals surface area contributed by atoms with Crippen molar-refractivity contribution in [3.63, 3.8) is 0 Å². The number of aliphatic hydroxyl groups is 2. The van der Waals surface area contributed by atoms with Crippen molar-refractivity contribution in [1.82, 2.24) is 20.2 Å². The largest absolute Gasteiger partial charge is 0.491 e. The van der Waals surface area contributed by atoms with Gasteiger partial charge in [-0.15, -0.1) is 0 Å². The van der Waals surface area contributed by atoms with Gasteiger partial charge in [0.25, 0.3) is 11.8 Å². The molecule has 0 aliphatic carbocycles. The molecule has 5 atom stereocenters. The van der Waals surface area contributed by atoms with E-state index in [1.165, 1.54) is 42.8 Å². The molecular formula is C97H109Cl2FN10O16S. The number of nitriles is 2. The Kier molecular flexibility index (Phi) is 35.8. The van der Waals surface area contributed by atoms with Crippen LogP contribution in [0.1, 0.15) is 149 Å². The van der Waals surface area contributed by atoms with E-state index in [2.05, 4.69) is 43.6 Å². The molecule has 30 heteroatoms. The number of benzene rings is 7. The predicted molar refractivity (Wildman–Crippen MR) is 486 cm³/mol. The maximum Gasteiger partial charge on any atom is 0.318 e. The van der Waals surface area contributed by atoms with Crippen molar-refractivity contribution in [2.45, 2.75) is 134 Å². The van der Waals surface area contributed by atoms with Gasteiger partial charge in [0.2, 0.25) is 23.6 Å². The average molecular weight is 1790 g/mol. The molecule has 7 aliphatic rings. The quantitative estimate of drug-likeness (QED) is 0.00834. The molecule has 2 saturated heterocycles. The lowest BCUT2D eigenvalue weighted by Crippen LogP contribution is -2.48. The zero-order valence-electron chi connectivity index (χ0n) is 72.2. The molecule has 8 heterocycles. The van der Waals surface area contributed by atoms with Crippen LogP contribution in [-0.4, -0.2) is 175 Å². The number of para-hydroxylation sites is 3. The number of hydrogen-bond donors (Lipinski definition) is 6. The van der Waals surface area contributed by atoms with E-state index >= 15 is 0 Å². The van der Waals surface area contributed by atoms with Crippen molar-refractivity contribution in [2.75, 3.05) is 108 Å². The van der Waals surface area contributed by atoms with Crippen molar-refractivity contribution in [3.05, 3.63) is 237 Å². The number of methoxy groups -OCH3 is 2. The van der Waals surface area contributed by atoms with Gasteiger partial charge in [-0.2, -0.15) is 22.3 Å². The number of esters is 1. The van der Waals surface area contributed by atoms with E-state index < -0.39 is 35.3 Å². The molecule has 26 nitrogen and oxygen atoms in total. The number of aliphatic hydroxyl groups excluding tert-OH is 1. The number of hydroxylamine groups is 1. The molecule has 8 aromatic rings. The number of thioether (sulfide) groups is 1. The Balaban J connectivity index is 0.000000158. The number of halogens is 3. The zero-order valence-corrected chi connectivity index (χ0v) is 74.5. The number of imide groups is 1. The summed E-state index contributed by atoms with van der Waals surface area (Å²) in [6.45, 7) is 13.2. The van der Waals surface area contributed by atoms with Crippen LogP contribution in [0.25, 0.3) is 11.3 Å². The van der Waals surface area contributed by atoms with Gasteiger partial charge in [-0.05, 0) is 162 Å². The molecule has 5 amide bonds. The van der Waals surface area contributed by atoms with Crippen LogP contribution >= 0.6 is 35.0 Å². The summed E-state index contributed by atoms with van der Waals surface area (Å²) in [6.07, 6.45) is 14.6. The Labute approximate surface area is 754 Å². The number of furan rings is 1. The molecule has 0 bridgehead atoms. The molecule has 0 saturated carbocycles. The summed E-state index contributed by atoms with van der Waals surface area (Å²) in [5.41, 5.74) is 8.84. The molecule has 7 aromatic carbocycles. The van der Waals surface area contributed by atoms with Crippen LogP contribution < -0.4 is 35.2 Å². The van der Waals surface area contributed by atoms with Crippen LogP contribution in [-0.2, 0) is 50.4 Å². The fourth-order valence-electron chi connectivity index (χ4n) is 15.4. The SMILES string of the molecule is CC1=C(C#N)C(=O)N(CCO)C(=O)C1Cc1ccc(-c2cc(Cl)ccc2Cl)o1.COc1c(OCC(C)C(C)(C)O)ccc2c1N=C1OC=CC1C2OC.N#CCCCCCCCCC(=O)NO.O=C(OCCN1CCCCC1)C1c2ccccc2Oc2ccccc21.O=C1Nc2cc(C(=O)N3CCN(c4ccccc4)CC3)ccc2NC1CSCc1ccccc1F. The number of likely N-dealkylation sites (tertiary alicyclic amines) is 1. The summed E-state index contributed by atoms with van der Waals surface area (Å²) in [5.74, 6) is 1.92. The summed E-state index contributed by atoms with van der Waals surface area (Å²) < 4.78 is 53.9. The van der Waals surface area contributed by atoms with Gasteiger partial charge in [0.05, 0.1) is 79.1 Å². The van der Waals surface area contributed by atoms with Gasteiger partial charge in [0, 0.05) is 115 Å². The number of nitrogens with one attached hydrogen (secondary N) is 3. The predicted octanol–water partition coefficient (Wildman–Crippen LogP) is 17.5. The highest BCUT2D eigenvalue weighted by molar-refractivity contribution is 7.98. The maximum absolute atomic E-state index is 13.8. The summed E-state index contributed by atoms with van der Waals surface area (Å²) in [4.78, 5) is 86.3. The lowest BCUT2D eigenvalue weighted by molar-refractivity contribution is -0.147. The minimum atomic E-state index is -0.820. The first kappa shape index (κ1) is 96.1. The normalized spacial score (nSPS) is 17.5. The fraction of sp³-hybridized carbons (Fsp3) is 0.392. The highest BCUT2D eigenvalue weighted by Crippen LogP contribution is 2.50. The second-order valence-corrected chi connectivity index (χ2v) is 33.9. The summed E-state index contributed by atoms with van der Waals surface area (Å²) >= 11 is 13.7. The average Bonchev–Trinajstić information content (AvgIpc) is 1.72. The van der Waals surface area contributed by atoms with E-state index in [4.69, 9.17) is 71.6 Å². The third kappa shape index (κ3) is 25.7. The Morgan fingerprint density at radius 2 is 1.48 bits per heavy atom. The van der Waals surface area contributed by atoms with Crippen molar-refractivity contribution < 1.29 is 81.4 Å². The Morgan fingerprint density at radius 1 is 0.787 bits per heavy atom. The molecule has 5 unspecified atom stereocenters. The van der Waals surface area contributed by atoms with Gasteiger partial charge in [0.15, 0.2) is 11.5 Å². The third-order valence-corrected chi connectivity index (χ3v) is 24.6. The molecule has 15 rings (SSSR count). The van der Waals surface area contributed by atoms with Gasteiger partial charge < -0.3 is 63.5 Å². The summed E-state index contributed by atoms with van der Waals surface area (Å²) in [5, 5.41) is 52.2. The highest BCUT2D eigenvalue weighted by Gasteiger charge is 2.42. The fourth-order valence-corrected chi connectivity index (χ4v) is 16.8. The first-order valence-electron chi connectivity index (χ1n) is 42.7. The lowest BCUT2D eigenvalue weighted by Gasteiger charge is -2.36. The van der Waals surface area contributed by atoms with Crippen LogP contribution in [0.5, 0.6) is 23.0 Å². The number of β-amino-alcohol motifs (C(OH)–C–C–N with tert-alkyl or cyclic N) is 1. The number of carbonyl (C=O) groups excluding carboxylic acids is 6. The minimum absolute atomic E-state index is 0.0239. The minimum Gasteiger partial charge on any atom is -0.491 e. The summed E-state index contributed by atoms with van der Waals surface area (Å²) in [7, 11) is 3.26. The van der Waals surface area contributed by atoms with Crippen LogP contribution in [0.15, 0.2) is 197 Å². The number of nitrogens with zero attached hydrogens (tertiary/aromatic N) is 7. The standard InChI is InChI=1S/C27H27FN4O2S.C21H23NO3.C20H16Cl2N2O4.C19H25NO5.C10H18N2O2/c28-22-9-5-4-6-20(22)17-35-18-25-26(33)30-24-16-19(10-11-23(24)29-25)27(34)32-14-12-31(13-15-32)21-7-2-1-3-8-21;23-21(24-15-14-22-12-6-1-7-13-22)20-16-8-2-4-10-18(16)25-19-11-5-3-9-17(19)20;1-11-14(19(26)24(6-7-25)20(27)16(11)10-23)9-13-3-5-18(28-13)15-8-12(21)2-4-17(15)22;1-11(19(2,3)21)10-25-14-7-6-12-15(17(14)23-5)20-18-13(8-9-24-18)16(12)22-4;11-9-7-5-3-1-2-4-6-8-10(13)12-14/h1-11,16,25,29H,12-15,17-18H2,(H,30,33);2-5,8-11,20H,1,6-7,12-15H2;2-5,8,14,25H,6-7,9H2,1H3;6-9,11,13,16,21H,10H2,1-5H3;14H,1-8H2,(H,12,13). The van der Waals surface area contributed by atoms with Crippen molar-refractivity contribution in [3.8, 4) is 46.5 Å². The van der Waals surface area contributed by atoms with Crippen LogP contribution in [0.2, 0.25) is 10.0 Å². The van der Waals surface area contributed by atoms with Gasteiger partial charge in [-0.25, -0.2) is 14.9 Å². The Hall–Kier alpha value is -11.6. The third-order valence-electron chi connectivity index (χ3n) is 23.0. The molecule has 0 radical (unpaired) electrons. The van der Waals surface area contributed by atoms with Gasteiger partial charge in [-0.3, -0.25) is 43.8 Å². The number of hydrogen-bond acceptors (Lipinski definition) is 23. The molecule has 1 aromatic heterocycles. The first-order chi connectivity index (χ1) is 61.4. The molecule has 7 aliphatic heterocycles. The van der Waals surface area contributed by atoms with Gasteiger partial charge >= 0.3 is 5.97 Å². The van der Waals surface area contributed by atoms with E-state index in [-0.39, 0.29) is 72.6 Å². The zero-order chi connectivity index (χ0) is 90.5. The topological polar surface area (TPSA) is 341 Å². The van der Waals surface area contributed by atoms with Crippen molar-refractivity contribution >= 4 is 99.1 Å². The monoisotopic (exact) mass is 1790 g/mol. The maximum atomic E-state index is 13.8. The van der Waals surface area contributed by atoms with Gasteiger partial charge in [0.1, 0.15) is 64.7 Å². The van der Waals surface area contributed by atoms with Gasteiger partial charge in [-0.1, -0.05) is 141 Å². The van der Waals surface area contributed by atoms with E-state index in [0.29, 0.717) is 123 Å². The molecule has 6 N–H and O–H groups in total. The number of carbonyl (C=O) groups is 6. The molecule has 670 valence electrons. The van der Waals surface area contributed by atoms with E-state index in [1.54, 1.807) is 101 Å². The highest BCUT2D eigenvalue weighted by atomic mass is 35.5.